The first-order valence-electron chi connectivity index (χ1n) is 9.08. The molecule has 0 N–H and O–H groups in total. The largest absolute Gasteiger partial charge is 0.0946 e. The minimum absolute atomic E-state index is 0.390. The van der Waals surface area contributed by atoms with Gasteiger partial charge in [0.2, 0.25) is 0 Å². The summed E-state index contributed by atoms with van der Waals surface area (Å²) in [5.74, 6) is 0. The molecule has 0 aromatic rings. The first-order chi connectivity index (χ1) is 9.69. The molecule has 0 aliphatic heterocycles. The summed E-state index contributed by atoms with van der Waals surface area (Å²) in [6.07, 6.45) is 20.3. The Morgan fingerprint density at radius 3 is 1.35 bits per heavy atom. The summed E-state index contributed by atoms with van der Waals surface area (Å²) in [6.45, 7) is 8.52. The number of hydrogen-bond donors (Lipinski definition) is 0. The fourth-order valence-corrected chi connectivity index (χ4v) is 4.58. The van der Waals surface area contributed by atoms with Crippen LogP contribution < -0.4 is 0 Å². The highest BCUT2D eigenvalue weighted by Crippen LogP contribution is 2.62. The van der Waals surface area contributed by atoms with Crippen LogP contribution in [0.15, 0.2) is 24.3 Å². The number of allylic oxidation sites excluding steroid dienone is 2. The van der Waals surface area contributed by atoms with E-state index in [-0.39, 0.29) is 0 Å². The Balaban J connectivity index is 1.53. The molecular weight excluding hydrogens is 240 g/mol. The molecule has 0 unspecified atom stereocenters. The monoisotopic (exact) mass is 272 g/mol. The van der Waals surface area contributed by atoms with Crippen molar-refractivity contribution in [1.82, 2.24) is 0 Å². The lowest BCUT2D eigenvalue weighted by atomic mass is 9.87. The lowest BCUT2D eigenvalue weighted by Gasteiger charge is -2.18. The zero-order chi connectivity index (χ0) is 14.1. The molecule has 3 rings (SSSR count). The molecule has 0 aromatic carbocycles. The Labute approximate surface area is 125 Å². The van der Waals surface area contributed by atoms with E-state index in [9.17, 15) is 0 Å². The molecule has 0 aromatic heterocycles. The summed E-state index contributed by atoms with van der Waals surface area (Å²) in [6, 6.07) is 0. The maximum absolute atomic E-state index is 4.26. The van der Waals surface area contributed by atoms with Gasteiger partial charge in [-0.2, -0.15) is 0 Å². The second-order valence-electron chi connectivity index (χ2n) is 7.87. The minimum atomic E-state index is 0.390. The third-order valence-electron chi connectivity index (χ3n) is 6.54. The molecule has 0 radical (unpaired) electrons. The maximum Gasteiger partial charge on any atom is 0.0196 e. The van der Waals surface area contributed by atoms with Crippen molar-refractivity contribution in [3.63, 3.8) is 0 Å². The second kappa shape index (κ2) is 5.70. The quantitative estimate of drug-likeness (QED) is 0.467. The highest BCUT2D eigenvalue weighted by Gasteiger charge is 2.50. The van der Waals surface area contributed by atoms with Crippen molar-refractivity contribution >= 4 is 0 Å². The molecular formula is C20H32. The van der Waals surface area contributed by atoms with Crippen molar-refractivity contribution in [1.29, 1.82) is 0 Å². The van der Waals surface area contributed by atoms with Gasteiger partial charge in [-0.3, -0.25) is 0 Å². The first-order valence-corrected chi connectivity index (χ1v) is 9.08. The third-order valence-corrected chi connectivity index (χ3v) is 6.54. The van der Waals surface area contributed by atoms with Gasteiger partial charge in [0.15, 0.2) is 0 Å². The molecule has 0 nitrogen and oxygen atoms in total. The van der Waals surface area contributed by atoms with E-state index < -0.39 is 0 Å². The highest BCUT2D eigenvalue weighted by atomic mass is 14.5. The van der Waals surface area contributed by atoms with Crippen molar-refractivity contribution in [3.05, 3.63) is 24.3 Å². The Hall–Kier alpha value is -0.520. The Morgan fingerprint density at radius 2 is 0.900 bits per heavy atom. The number of hydrogen-bond acceptors (Lipinski definition) is 0. The van der Waals surface area contributed by atoms with Crippen LogP contribution in [0.3, 0.4) is 0 Å². The molecule has 20 heavy (non-hydrogen) atoms. The summed E-state index contributed by atoms with van der Waals surface area (Å²) >= 11 is 0. The Kier molecular flexibility index (Phi) is 4.11. The summed E-state index contributed by atoms with van der Waals surface area (Å²) in [5, 5.41) is 0. The second-order valence-corrected chi connectivity index (χ2v) is 7.87. The maximum atomic E-state index is 4.26. The van der Waals surface area contributed by atoms with E-state index in [1.165, 1.54) is 101 Å². The molecule has 0 heteroatoms. The predicted molar refractivity (Wildman–Crippen MR) is 87.8 cm³/mol. The van der Waals surface area contributed by atoms with Crippen LogP contribution in [0.25, 0.3) is 0 Å². The van der Waals surface area contributed by atoms with Gasteiger partial charge < -0.3 is 0 Å². The van der Waals surface area contributed by atoms with Gasteiger partial charge in [0, 0.05) is 5.41 Å². The molecule has 3 fully saturated rings. The van der Waals surface area contributed by atoms with Crippen LogP contribution in [0, 0.1) is 10.8 Å². The number of rotatable bonds is 0. The zero-order valence-electron chi connectivity index (χ0n) is 13.3. The topological polar surface area (TPSA) is 0 Å². The molecule has 3 aliphatic carbocycles. The van der Waals surface area contributed by atoms with E-state index in [0.29, 0.717) is 5.41 Å². The van der Waals surface area contributed by atoms with Gasteiger partial charge in [0.05, 0.1) is 0 Å². The van der Waals surface area contributed by atoms with Crippen LogP contribution in [0.5, 0.6) is 0 Å². The zero-order valence-corrected chi connectivity index (χ0v) is 13.3. The van der Waals surface area contributed by atoms with Crippen LogP contribution in [0.2, 0.25) is 0 Å². The lowest BCUT2D eigenvalue weighted by Crippen LogP contribution is -2.04. The van der Waals surface area contributed by atoms with Gasteiger partial charge in [-0.1, -0.05) is 64.5 Å². The molecule has 0 saturated heterocycles. The normalized spacial score (nSPS) is 30.2. The minimum Gasteiger partial charge on any atom is -0.0946 e. The average Bonchev–Trinajstić information content (AvgIpc) is 3.32. The van der Waals surface area contributed by atoms with E-state index in [1.54, 1.807) is 0 Å². The van der Waals surface area contributed by atoms with Gasteiger partial charge in [-0.15, -0.1) is 0 Å². The molecule has 2 spiro atoms. The van der Waals surface area contributed by atoms with E-state index in [0.717, 1.165) is 5.41 Å². The van der Waals surface area contributed by atoms with Crippen LogP contribution in [-0.2, 0) is 0 Å². The van der Waals surface area contributed by atoms with E-state index in [1.807, 2.05) is 0 Å². The van der Waals surface area contributed by atoms with Crippen molar-refractivity contribution in [2.75, 3.05) is 0 Å². The van der Waals surface area contributed by atoms with Gasteiger partial charge >= 0.3 is 0 Å². The molecule has 0 heterocycles. The van der Waals surface area contributed by atoms with E-state index in [4.69, 9.17) is 0 Å². The van der Waals surface area contributed by atoms with Gasteiger partial charge in [0.25, 0.3) is 0 Å². The van der Waals surface area contributed by atoms with Gasteiger partial charge in [0.1, 0.15) is 0 Å². The summed E-state index contributed by atoms with van der Waals surface area (Å²) < 4.78 is 0. The van der Waals surface area contributed by atoms with Crippen molar-refractivity contribution in [2.24, 2.45) is 10.8 Å². The average molecular weight is 272 g/mol. The Bertz CT molecular complexity index is 369. The third kappa shape index (κ3) is 2.90. The standard InChI is InChI=1S/C20H32/c1-17-18(2)20(17)13-9-5-3-4-7-11-19(15-16-19)12-8-6-10-14-20/h1-16H2. The summed E-state index contributed by atoms with van der Waals surface area (Å²) in [7, 11) is 0. The first kappa shape index (κ1) is 14.4. The van der Waals surface area contributed by atoms with E-state index >= 15 is 0 Å². The van der Waals surface area contributed by atoms with Crippen LogP contribution in [0.4, 0.5) is 0 Å². The van der Waals surface area contributed by atoms with Crippen molar-refractivity contribution in [2.45, 2.75) is 89.9 Å². The van der Waals surface area contributed by atoms with Crippen molar-refractivity contribution < 1.29 is 0 Å². The van der Waals surface area contributed by atoms with Crippen LogP contribution >= 0.6 is 0 Å². The summed E-state index contributed by atoms with van der Waals surface area (Å²) in [5.41, 5.74) is 3.99. The lowest BCUT2D eigenvalue weighted by molar-refractivity contribution is 0.362. The fraction of sp³-hybridized carbons (Fsp3) is 0.800. The molecule has 0 amide bonds. The van der Waals surface area contributed by atoms with Crippen LogP contribution in [-0.4, -0.2) is 0 Å². The van der Waals surface area contributed by atoms with Crippen LogP contribution in [0.1, 0.15) is 89.9 Å². The molecule has 3 saturated carbocycles. The van der Waals surface area contributed by atoms with Gasteiger partial charge in [-0.25, -0.2) is 0 Å². The SMILES string of the molecule is C=C1C(=C)C12CCCCCCCC1(CCCCC2)CC1. The van der Waals surface area contributed by atoms with Gasteiger partial charge in [-0.05, 0) is 55.1 Å². The van der Waals surface area contributed by atoms with E-state index in [2.05, 4.69) is 13.2 Å². The highest BCUT2D eigenvalue weighted by molar-refractivity contribution is 5.59. The Morgan fingerprint density at radius 1 is 0.500 bits per heavy atom. The van der Waals surface area contributed by atoms with Crippen molar-refractivity contribution in [3.8, 4) is 0 Å². The molecule has 3 aliphatic rings. The molecule has 0 atom stereocenters. The fourth-order valence-electron chi connectivity index (χ4n) is 4.58. The molecule has 0 bridgehead atoms. The smallest absolute Gasteiger partial charge is 0.0196 e. The molecule has 112 valence electrons. The summed E-state index contributed by atoms with van der Waals surface area (Å²) in [4.78, 5) is 0. The predicted octanol–water partition coefficient (Wildman–Crippen LogP) is 6.57.